The number of anilines is 1. The van der Waals surface area contributed by atoms with Gasteiger partial charge in [0.25, 0.3) is 0 Å². The molecular formula is C11H17N5OS. The standard InChI is InChI=1S/C11H17N5OS/c1-7(2)5-14-9(17)6-15-11-13-4-3-8(16-11)10(12)18/h3-4,7H,5-6H2,1-2H3,(H2,12,18)(H,14,17)(H,13,15,16). The third-order valence-electron chi connectivity index (χ3n) is 2.02. The van der Waals surface area contributed by atoms with E-state index in [-0.39, 0.29) is 17.4 Å². The zero-order valence-electron chi connectivity index (χ0n) is 10.4. The minimum atomic E-state index is -0.104. The maximum Gasteiger partial charge on any atom is 0.239 e. The maximum atomic E-state index is 11.5. The Balaban J connectivity index is 2.46. The van der Waals surface area contributed by atoms with Crippen molar-refractivity contribution in [1.82, 2.24) is 15.3 Å². The fraction of sp³-hybridized carbons (Fsp3) is 0.455. The van der Waals surface area contributed by atoms with Crippen molar-refractivity contribution < 1.29 is 4.79 Å². The molecule has 0 aliphatic carbocycles. The van der Waals surface area contributed by atoms with Crippen LogP contribution in [-0.4, -0.2) is 34.0 Å². The molecule has 1 rings (SSSR count). The van der Waals surface area contributed by atoms with Crippen LogP contribution >= 0.6 is 12.2 Å². The van der Waals surface area contributed by atoms with Crippen LogP contribution in [-0.2, 0) is 4.79 Å². The van der Waals surface area contributed by atoms with Gasteiger partial charge in [-0.15, -0.1) is 0 Å². The van der Waals surface area contributed by atoms with Crippen LogP contribution in [0.15, 0.2) is 12.3 Å². The van der Waals surface area contributed by atoms with Gasteiger partial charge in [0.05, 0.1) is 6.54 Å². The van der Waals surface area contributed by atoms with Crippen molar-refractivity contribution in [2.75, 3.05) is 18.4 Å². The summed E-state index contributed by atoms with van der Waals surface area (Å²) < 4.78 is 0. The second-order valence-electron chi connectivity index (χ2n) is 4.18. The SMILES string of the molecule is CC(C)CNC(=O)CNc1nccc(C(N)=S)n1. The van der Waals surface area contributed by atoms with E-state index in [4.69, 9.17) is 18.0 Å². The molecule has 0 saturated heterocycles. The lowest BCUT2D eigenvalue weighted by atomic mass is 10.2. The topological polar surface area (TPSA) is 92.9 Å². The summed E-state index contributed by atoms with van der Waals surface area (Å²) in [5.74, 6) is 0.649. The molecule has 4 N–H and O–H groups in total. The van der Waals surface area contributed by atoms with Crippen molar-refractivity contribution in [2.24, 2.45) is 11.7 Å². The predicted octanol–water partition coefficient (Wildman–Crippen LogP) is 0.295. The Morgan fingerprint density at radius 2 is 2.28 bits per heavy atom. The molecule has 0 bridgehead atoms. The molecule has 0 aromatic carbocycles. The molecule has 0 spiro atoms. The molecule has 6 nitrogen and oxygen atoms in total. The maximum absolute atomic E-state index is 11.5. The minimum Gasteiger partial charge on any atom is -0.388 e. The van der Waals surface area contributed by atoms with Gasteiger partial charge in [-0.25, -0.2) is 9.97 Å². The lowest BCUT2D eigenvalue weighted by Crippen LogP contribution is -2.32. The molecule has 1 aromatic heterocycles. The fourth-order valence-corrected chi connectivity index (χ4v) is 1.23. The van der Waals surface area contributed by atoms with Gasteiger partial charge in [0.2, 0.25) is 11.9 Å². The summed E-state index contributed by atoms with van der Waals surface area (Å²) in [4.78, 5) is 19.7. The molecule has 0 aliphatic rings. The van der Waals surface area contributed by atoms with E-state index in [1.807, 2.05) is 13.8 Å². The number of thiocarbonyl (C=S) groups is 1. The number of hydrogen-bond donors (Lipinski definition) is 3. The van der Waals surface area contributed by atoms with Gasteiger partial charge in [0.15, 0.2) is 0 Å². The molecular weight excluding hydrogens is 250 g/mol. The number of nitrogens with two attached hydrogens (primary N) is 1. The Bertz CT molecular complexity index is 435. The van der Waals surface area contributed by atoms with E-state index in [2.05, 4.69) is 20.6 Å². The van der Waals surface area contributed by atoms with E-state index in [0.29, 0.717) is 24.1 Å². The molecule has 0 aliphatic heterocycles. The van der Waals surface area contributed by atoms with E-state index in [1.54, 1.807) is 6.07 Å². The summed E-state index contributed by atoms with van der Waals surface area (Å²) in [6.07, 6.45) is 1.54. The highest BCUT2D eigenvalue weighted by atomic mass is 32.1. The largest absolute Gasteiger partial charge is 0.388 e. The number of aromatic nitrogens is 2. The zero-order chi connectivity index (χ0) is 13.5. The van der Waals surface area contributed by atoms with Crippen molar-refractivity contribution in [2.45, 2.75) is 13.8 Å². The first-order chi connectivity index (χ1) is 8.49. The van der Waals surface area contributed by atoms with Crippen LogP contribution in [0, 0.1) is 5.92 Å². The summed E-state index contributed by atoms with van der Waals surface area (Å²) in [5, 5.41) is 5.60. The Labute approximate surface area is 111 Å². The summed E-state index contributed by atoms with van der Waals surface area (Å²) in [7, 11) is 0. The normalized spacial score (nSPS) is 10.2. The monoisotopic (exact) mass is 267 g/mol. The molecule has 1 aromatic rings. The van der Waals surface area contributed by atoms with Crippen molar-refractivity contribution in [1.29, 1.82) is 0 Å². The highest BCUT2D eigenvalue weighted by Crippen LogP contribution is 1.99. The number of carbonyl (C=O) groups excluding carboxylic acids is 1. The van der Waals surface area contributed by atoms with E-state index in [1.165, 1.54) is 6.20 Å². The number of rotatable bonds is 6. The van der Waals surface area contributed by atoms with Gasteiger partial charge in [0.1, 0.15) is 10.7 Å². The van der Waals surface area contributed by atoms with E-state index >= 15 is 0 Å². The molecule has 0 radical (unpaired) electrons. The van der Waals surface area contributed by atoms with Gasteiger partial charge in [-0.3, -0.25) is 4.79 Å². The Hall–Kier alpha value is -1.76. The number of carbonyl (C=O) groups is 1. The Morgan fingerprint density at radius 3 is 2.89 bits per heavy atom. The second-order valence-corrected chi connectivity index (χ2v) is 4.62. The zero-order valence-corrected chi connectivity index (χ0v) is 11.3. The van der Waals surface area contributed by atoms with Crippen LogP contribution in [0.5, 0.6) is 0 Å². The summed E-state index contributed by atoms with van der Waals surface area (Å²) in [6, 6.07) is 1.62. The van der Waals surface area contributed by atoms with Gasteiger partial charge in [-0.2, -0.15) is 0 Å². The summed E-state index contributed by atoms with van der Waals surface area (Å²) in [5.41, 5.74) is 5.93. The molecule has 0 unspecified atom stereocenters. The van der Waals surface area contributed by atoms with Crippen molar-refractivity contribution in [3.8, 4) is 0 Å². The van der Waals surface area contributed by atoms with Gasteiger partial charge in [-0.1, -0.05) is 26.1 Å². The number of nitrogens with one attached hydrogen (secondary N) is 2. The van der Waals surface area contributed by atoms with E-state index in [0.717, 1.165) is 0 Å². The quantitative estimate of drug-likeness (QED) is 0.642. The highest BCUT2D eigenvalue weighted by Gasteiger charge is 2.05. The first-order valence-electron chi connectivity index (χ1n) is 5.62. The average Bonchev–Trinajstić information content (AvgIpc) is 2.34. The third kappa shape index (κ3) is 5.05. The molecule has 0 saturated carbocycles. The smallest absolute Gasteiger partial charge is 0.239 e. The second kappa shape index (κ2) is 6.85. The van der Waals surface area contributed by atoms with E-state index in [9.17, 15) is 4.79 Å². The molecule has 1 heterocycles. The number of hydrogen-bond acceptors (Lipinski definition) is 5. The van der Waals surface area contributed by atoms with Crippen LogP contribution in [0.3, 0.4) is 0 Å². The molecule has 98 valence electrons. The van der Waals surface area contributed by atoms with Crippen LogP contribution in [0.25, 0.3) is 0 Å². The Kier molecular flexibility index (Phi) is 5.44. The molecule has 18 heavy (non-hydrogen) atoms. The number of amides is 1. The van der Waals surface area contributed by atoms with Crippen LogP contribution < -0.4 is 16.4 Å². The lowest BCUT2D eigenvalue weighted by molar-refractivity contribution is -0.119. The first-order valence-corrected chi connectivity index (χ1v) is 6.03. The van der Waals surface area contributed by atoms with Gasteiger partial charge in [0, 0.05) is 12.7 Å². The molecule has 0 fully saturated rings. The van der Waals surface area contributed by atoms with E-state index < -0.39 is 0 Å². The third-order valence-corrected chi connectivity index (χ3v) is 2.23. The molecule has 1 amide bonds. The van der Waals surface area contributed by atoms with Crippen LogP contribution in [0.1, 0.15) is 19.5 Å². The van der Waals surface area contributed by atoms with Crippen molar-refractivity contribution >= 4 is 29.1 Å². The lowest BCUT2D eigenvalue weighted by Gasteiger charge is -2.08. The van der Waals surface area contributed by atoms with Crippen molar-refractivity contribution in [3.05, 3.63) is 18.0 Å². The summed E-state index contributed by atoms with van der Waals surface area (Å²) >= 11 is 4.81. The predicted molar refractivity (Wildman–Crippen MR) is 74.3 cm³/mol. The van der Waals surface area contributed by atoms with Crippen molar-refractivity contribution in [3.63, 3.8) is 0 Å². The molecule has 7 heteroatoms. The van der Waals surface area contributed by atoms with Gasteiger partial charge in [-0.05, 0) is 12.0 Å². The fourth-order valence-electron chi connectivity index (χ4n) is 1.12. The van der Waals surface area contributed by atoms with Crippen LogP contribution in [0.4, 0.5) is 5.95 Å². The van der Waals surface area contributed by atoms with Gasteiger partial charge >= 0.3 is 0 Å². The van der Waals surface area contributed by atoms with Crippen LogP contribution in [0.2, 0.25) is 0 Å². The highest BCUT2D eigenvalue weighted by molar-refractivity contribution is 7.80. The average molecular weight is 267 g/mol. The Morgan fingerprint density at radius 1 is 1.56 bits per heavy atom. The number of nitrogens with zero attached hydrogens (tertiary/aromatic N) is 2. The molecule has 0 atom stereocenters. The minimum absolute atomic E-state index is 0.104. The summed E-state index contributed by atoms with van der Waals surface area (Å²) in [6.45, 7) is 4.83. The van der Waals surface area contributed by atoms with Gasteiger partial charge < -0.3 is 16.4 Å². The first kappa shape index (κ1) is 14.3.